The van der Waals surface area contributed by atoms with Gasteiger partial charge < -0.3 is 14.9 Å². The Morgan fingerprint density at radius 3 is 2.88 bits per heavy atom. The van der Waals surface area contributed by atoms with E-state index in [0.717, 1.165) is 4.57 Å². The van der Waals surface area contributed by atoms with Crippen LogP contribution in [-0.4, -0.2) is 39.1 Å². The summed E-state index contributed by atoms with van der Waals surface area (Å²) in [5.41, 5.74) is -1.15. The third-order valence-electron chi connectivity index (χ3n) is 2.62. The first kappa shape index (κ1) is 11.1. The molecule has 1 fully saturated rings. The van der Waals surface area contributed by atoms with E-state index >= 15 is 0 Å². The van der Waals surface area contributed by atoms with Crippen LogP contribution in [0.3, 0.4) is 0 Å². The summed E-state index contributed by atoms with van der Waals surface area (Å²) in [4.78, 5) is 24.3. The fourth-order valence-electron chi connectivity index (χ4n) is 1.69. The highest BCUT2D eigenvalue weighted by Gasteiger charge is 2.37. The lowest BCUT2D eigenvalue weighted by Gasteiger charge is -2.17. The Balaban J connectivity index is 2.32. The summed E-state index contributed by atoms with van der Waals surface area (Å²) in [5.74, 6) is -0.413. The number of rotatable bonds is 2. The van der Waals surface area contributed by atoms with Gasteiger partial charge in [-0.2, -0.15) is 0 Å². The van der Waals surface area contributed by atoms with Crippen LogP contribution in [0.5, 0.6) is 0 Å². The van der Waals surface area contributed by atoms with Crippen molar-refractivity contribution in [1.82, 2.24) is 9.55 Å². The Morgan fingerprint density at radius 1 is 1.56 bits per heavy atom. The SMILES string of the molecule is O=c1ccn([C@@H]2OC[C@H](CO)[C@H]2O)c(=O)[nH]1. The Kier molecular flexibility index (Phi) is 2.90. The molecule has 2 rings (SSSR count). The van der Waals surface area contributed by atoms with Crippen molar-refractivity contribution < 1.29 is 14.9 Å². The maximum absolute atomic E-state index is 11.4. The average molecular weight is 228 g/mol. The van der Waals surface area contributed by atoms with Crippen LogP contribution in [0.25, 0.3) is 0 Å². The molecule has 0 amide bonds. The molecule has 3 N–H and O–H groups in total. The number of H-pyrrole nitrogens is 1. The molecule has 0 unspecified atom stereocenters. The van der Waals surface area contributed by atoms with Gasteiger partial charge in [0.05, 0.1) is 13.2 Å². The fraction of sp³-hybridized carbons (Fsp3) is 0.556. The standard InChI is InChI=1S/C9H12N2O5/c12-3-5-4-16-8(7(5)14)11-2-1-6(13)10-9(11)15/h1-2,5,7-8,12,14H,3-4H2,(H,10,13,15)/t5-,7+,8+/m0/s1. The average Bonchev–Trinajstić information content (AvgIpc) is 2.60. The Bertz CT molecular complexity index is 479. The van der Waals surface area contributed by atoms with Crippen LogP contribution < -0.4 is 11.2 Å². The van der Waals surface area contributed by atoms with E-state index in [2.05, 4.69) is 4.98 Å². The summed E-state index contributed by atoms with van der Waals surface area (Å²) in [6.07, 6.45) is -0.565. The number of ether oxygens (including phenoxy) is 1. The largest absolute Gasteiger partial charge is 0.396 e. The Labute approximate surface area is 89.9 Å². The molecule has 2 heterocycles. The predicted molar refractivity (Wildman–Crippen MR) is 52.9 cm³/mol. The molecule has 0 radical (unpaired) electrons. The van der Waals surface area contributed by atoms with E-state index in [9.17, 15) is 14.7 Å². The zero-order chi connectivity index (χ0) is 11.7. The van der Waals surface area contributed by atoms with Crippen LogP contribution in [0.2, 0.25) is 0 Å². The van der Waals surface area contributed by atoms with Crippen molar-refractivity contribution in [2.24, 2.45) is 5.92 Å². The quantitative estimate of drug-likeness (QED) is 0.545. The smallest absolute Gasteiger partial charge is 0.330 e. The first-order chi connectivity index (χ1) is 7.63. The summed E-state index contributed by atoms with van der Waals surface area (Å²) in [6, 6.07) is 1.17. The molecule has 0 aromatic carbocycles. The maximum atomic E-state index is 11.4. The van der Waals surface area contributed by atoms with Crippen molar-refractivity contribution in [3.05, 3.63) is 33.1 Å². The van der Waals surface area contributed by atoms with Crippen molar-refractivity contribution in [3.63, 3.8) is 0 Å². The van der Waals surface area contributed by atoms with Crippen LogP contribution in [0.15, 0.2) is 21.9 Å². The molecule has 88 valence electrons. The lowest BCUT2D eigenvalue weighted by atomic mass is 10.1. The van der Waals surface area contributed by atoms with Gasteiger partial charge in [-0.05, 0) is 0 Å². The number of aliphatic hydroxyl groups is 2. The van der Waals surface area contributed by atoms with Gasteiger partial charge in [0.1, 0.15) is 6.10 Å². The van der Waals surface area contributed by atoms with Crippen LogP contribution >= 0.6 is 0 Å². The molecule has 0 aliphatic carbocycles. The van der Waals surface area contributed by atoms with E-state index < -0.39 is 29.5 Å². The summed E-state index contributed by atoms with van der Waals surface area (Å²) < 4.78 is 6.31. The van der Waals surface area contributed by atoms with E-state index in [1.165, 1.54) is 12.3 Å². The normalized spacial score (nSPS) is 29.5. The highest BCUT2D eigenvalue weighted by Crippen LogP contribution is 2.26. The predicted octanol–water partition coefficient (Wildman–Crippen LogP) is -1.97. The maximum Gasteiger partial charge on any atom is 0.330 e. The summed E-state index contributed by atoms with van der Waals surface area (Å²) in [7, 11) is 0. The fourth-order valence-corrected chi connectivity index (χ4v) is 1.69. The van der Waals surface area contributed by atoms with Crippen molar-refractivity contribution >= 4 is 0 Å². The molecular weight excluding hydrogens is 216 g/mol. The molecule has 7 nitrogen and oxygen atoms in total. The van der Waals surface area contributed by atoms with Gasteiger partial charge in [-0.3, -0.25) is 14.3 Å². The van der Waals surface area contributed by atoms with E-state index in [0.29, 0.717) is 0 Å². The van der Waals surface area contributed by atoms with Crippen LogP contribution in [0.1, 0.15) is 6.23 Å². The molecule has 0 bridgehead atoms. The Morgan fingerprint density at radius 2 is 2.31 bits per heavy atom. The van der Waals surface area contributed by atoms with Gasteiger partial charge in [0.25, 0.3) is 5.56 Å². The van der Waals surface area contributed by atoms with Gasteiger partial charge in [-0.25, -0.2) is 4.79 Å². The molecule has 0 saturated carbocycles. The number of aliphatic hydroxyl groups excluding tert-OH is 2. The molecule has 3 atom stereocenters. The minimum atomic E-state index is -0.964. The van der Waals surface area contributed by atoms with E-state index in [1.54, 1.807) is 0 Å². The molecule has 7 heteroatoms. The van der Waals surface area contributed by atoms with Crippen molar-refractivity contribution in [3.8, 4) is 0 Å². The topological polar surface area (TPSA) is 105 Å². The lowest BCUT2D eigenvalue weighted by molar-refractivity contribution is -0.0162. The third-order valence-corrected chi connectivity index (χ3v) is 2.62. The zero-order valence-electron chi connectivity index (χ0n) is 8.37. The van der Waals surface area contributed by atoms with Crippen LogP contribution in [0.4, 0.5) is 0 Å². The van der Waals surface area contributed by atoms with E-state index in [4.69, 9.17) is 9.84 Å². The van der Waals surface area contributed by atoms with Crippen LogP contribution in [0, 0.1) is 5.92 Å². The first-order valence-electron chi connectivity index (χ1n) is 4.85. The molecule has 16 heavy (non-hydrogen) atoms. The van der Waals surface area contributed by atoms with E-state index in [-0.39, 0.29) is 13.2 Å². The number of hydrogen-bond donors (Lipinski definition) is 3. The molecule has 1 saturated heterocycles. The molecule has 1 aliphatic heterocycles. The second-order valence-corrected chi connectivity index (χ2v) is 3.67. The summed E-state index contributed by atoms with van der Waals surface area (Å²) >= 11 is 0. The number of aromatic amines is 1. The van der Waals surface area contributed by atoms with Crippen molar-refractivity contribution in [2.75, 3.05) is 13.2 Å². The highest BCUT2D eigenvalue weighted by molar-refractivity contribution is 4.89. The minimum absolute atomic E-state index is 0.175. The molecule has 1 aliphatic rings. The molecule has 0 spiro atoms. The van der Waals surface area contributed by atoms with Crippen molar-refractivity contribution in [1.29, 1.82) is 0 Å². The Hall–Kier alpha value is -1.44. The minimum Gasteiger partial charge on any atom is -0.396 e. The molecule has 1 aromatic heterocycles. The molecule has 1 aromatic rings. The molecular formula is C9H12N2O5. The first-order valence-corrected chi connectivity index (χ1v) is 4.85. The number of nitrogens with zero attached hydrogens (tertiary/aromatic N) is 1. The monoisotopic (exact) mass is 228 g/mol. The van der Waals surface area contributed by atoms with Crippen LogP contribution in [-0.2, 0) is 4.74 Å². The number of nitrogens with one attached hydrogen (secondary N) is 1. The second-order valence-electron chi connectivity index (χ2n) is 3.67. The highest BCUT2D eigenvalue weighted by atomic mass is 16.5. The third kappa shape index (κ3) is 1.80. The van der Waals surface area contributed by atoms with Crippen molar-refractivity contribution in [2.45, 2.75) is 12.3 Å². The van der Waals surface area contributed by atoms with Gasteiger partial charge in [0.15, 0.2) is 6.23 Å². The van der Waals surface area contributed by atoms with Gasteiger partial charge >= 0.3 is 5.69 Å². The van der Waals surface area contributed by atoms with E-state index in [1.807, 2.05) is 0 Å². The lowest BCUT2D eigenvalue weighted by Crippen LogP contribution is -2.36. The number of aromatic nitrogens is 2. The van der Waals surface area contributed by atoms with Gasteiger partial charge in [0.2, 0.25) is 0 Å². The van der Waals surface area contributed by atoms with Gasteiger partial charge in [0, 0.05) is 18.2 Å². The summed E-state index contributed by atoms with van der Waals surface area (Å²) in [6.45, 7) is -0.0380. The second kappa shape index (κ2) is 4.20. The van der Waals surface area contributed by atoms with Gasteiger partial charge in [-0.15, -0.1) is 0 Å². The number of hydrogen-bond acceptors (Lipinski definition) is 5. The van der Waals surface area contributed by atoms with Gasteiger partial charge in [-0.1, -0.05) is 0 Å². The zero-order valence-corrected chi connectivity index (χ0v) is 8.37. The summed E-state index contributed by atoms with van der Waals surface area (Å²) in [5, 5.41) is 18.7.